The largest absolute Gasteiger partial charge is 0.394 e. The fourth-order valence-electron chi connectivity index (χ4n) is 2.14. The molecule has 0 saturated carbocycles. The lowest BCUT2D eigenvalue weighted by molar-refractivity contribution is -0.267. The van der Waals surface area contributed by atoms with Crippen LogP contribution >= 0.6 is 12.6 Å². The van der Waals surface area contributed by atoms with Gasteiger partial charge in [-0.3, -0.25) is 0 Å². The number of aliphatic hydroxyl groups excluding tert-OH is 3. The van der Waals surface area contributed by atoms with Crippen molar-refractivity contribution in [3.05, 3.63) is 35.9 Å². The Bertz CT molecular complexity index is 400. The van der Waals surface area contributed by atoms with E-state index in [0.29, 0.717) is 13.0 Å². The van der Waals surface area contributed by atoms with Crippen LogP contribution in [0.4, 0.5) is 0 Å². The van der Waals surface area contributed by atoms with Crippen LogP contribution in [0, 0.1) is 0 Å². The van der Waals surface area contributed by atoms with Crippen molar-refractivity contribution >= 4 is 12.6 Å². The topological polar surface area (TPSA) is 79.2 Å². The summed E-state index contributed by atoms with van der Waals surface area (Å²) in [5.41, 5.74) is 1.11. The Morgan fingerprint density at radius 1 is 1.15 bits per heavy atom. The lowest BCUT2D eigenvalue weighted by Gasteiger charge is -2.40. The minimum Gasteiger partial charge on any atom is -0.394 e. The molecule has 20 heavy (non-hydrogen) atoms. The molecule has 0 bridgehead atoms. The number of benzene rings is 1. The van der Waals surface area contributed by atoms with Crippen molar-refractivity contribution in [3.63, 3.8) is 0 Å². The van der Waals surface area contributed by atoms with Crippen LogP contribution in [0.25, 0.3) is 0 Å². The molecule has 6 heteroatoms. The molecule has 5 atom stereocenters. The van der Waals surface area contributed by atoms with E-state index in [0.717, 1.165) is 5.56 Å². The van der Waals surface area contributed by atoms with Crippen molar-refractivity contribution in [1.82, 2.24) is 0 Å². The highest BCUT2D eigenvalue weighted by molar-refractivity contribution is 7.81. The summed E-state index contributed by atoms with van der Waals surface area (Å²) < 4.78 is 10.9. The molecular formula is C14H20O5S. The van der Waals surface area contributed by atoms with Crippen molar-refractivity contribution in [2.75, 3.05) is 13.2 Å². The van der Waals surface area contributed by atoms with E-state index in [9.17, 15) is 10.2 Å². The summed E-state index contributed by atoms with van der Waals surface area (Å²) in [6, 6.07) is 9.79. The number of thiol groups is 1. The van der Waals surface area contributed by atoms with Gasteiger partial charge in [-0.25, -0.2) is 0 Å². The second-order valence-corrected chi connectivity index (χ2v) is 5.40. The summed E-state index contributed by atoms with van der Waals surface area (Å²) in [6.07, 6.45) is -3.19. The second kappa shape index (κ2) is 7.40. The minimum atomic E-state index is -1.17. The predicted molar refractivity (Wildman–Crippen MR) is 76.6 cm³/mol. The molecule has 0 radical (unpaired) electrons. The van der Waals surface area contributed by atoms with E-state index < -0.39 is 29.9 Å². The molecule has 0 spiro atoms. The van der Waals surface area contributed by atoms with Crippen molar-refractivity contribution in [3.8, 4) is 0 Å². The van der Waals surface area contributed by atoms with E-state index in [4.69, 9.17) is 14.6 Å². The van der Waals surface area contributed by atoms with Gasteiger partial charge in [0.2, 0.25) is 0 Å². The highest BCUT2D eigenvalue weighted by atomic mass is 32.1. The first kappa shape index (κ1) is 15.8. The van der Waals surface area contributed by atoms with Gasteiger partial charge in [0.1, 0.15) is 6.10 Å². The molecule has 1 fully saturated rings. The molecule has 112 valence electrons. The Morgan fingerprint density at radius 3 is 2.50 bits per heavy atom. The third-order valence-electron chi connectivity index (χ3n) is 3.36. The standard InChI is InChI=1S/C14H20O5S/c15-8-10-13(20)11(16)12(17)14(19-10)18-7-6-9-4-2-1-3-5-9/h1-5,10-17,20H,6-8H2/t10-,11-,12-,13+,14+/m1/s1. The highest BCUT2D eigenvalue weighted by Gasteiger charge is 2.43. The normalized spacial score (nSPS) is 34.1. The van der Waals surface area contributed by atoms with Gasteiger partial charge < -0.3 is 24.8 Å². The number of rotatable bonds is 5. The second-order valence-electron chi connectivity index (χ2n) is 4.80. The van der Waals surface area contributed by atoms with Crippen LogP contribution in [-0.4, -0.2) is 58.4 Å². The van der Waals surface area contributed by atoms with Crippen LogP contribution in [0.15, 0.2) is 30.3 Å². The van der Waals surface area contributed by atoms with Gasteiger partial charge in [-0.1, -0.05) is 30.3 Å². The summed E-state index contributed by atoms with van der Waals surface area (Å²) in [5.74, 6) is 0. The van der Waals surface area contributed by atoms with Gasteiger partial charge in [0, 0.05) is 0 Å². The van der Waals surface area contributed by atoms with E-state index in [1.165, 1.54) is 0 Å². The quantitative estimate of drug-likeness (QED) is 0.575. The van der Waals surface area contributed by atoms with Gasteiger partial charge >= 0.3 is 0 Å². The van der Waals surface area contributed by atoms with E-state index in [-0.39, 0.29) is 6.61 Å². The number of hydrogen-bond acceptors (Lipinski definition) is 6. The molecule has 1 aliphatic heterocycles. The molecular weight excluding hydrogens is 280 g/mol. The molecule has 0 aliphatic carbocycles. The third kappa shape index (κ3) is 3.72. The molecule has 0 unspecified atom stereocenters. The lowest BCUT2D eigenvalue weighted by atomic mass is 10.0. The zero-order valence-corrected chi connectivity index (χ0v) is 11.9. The van der Waals surface area contributed by atoms with Crippen molar-refractivity contribution in [2.24, 2.45) is 0 Å². The molecule has 0 amide bonds. The molecule has 1 heterocycles. The third-order valence-corrected chi connectivity index (χ3v) is 4.00. The number of hydrogen-bond donors (Lipinski definition) is 4. The smallest absolute Gasteiger partial charge is 0.186 e. The van der Waals surface area contributed by atoms with Gasteiger partial charge in [-0.05, 0) is 12.0 Å². The fourth-order valence-corrected chi connectivity index (χ4v) is 2.48. The Balaban J connectivity index is 1.85. The Morgan fingerprint density at radius 2 is 1.85 bits per heavy atom. The average molecular weight is 300 g/mol. The van der Waals surface area contributed by atoms with E-state index in [1.807, 2.05) is 30.3 Å². The Labute approximate surface area is 123 Å². The minimum absolute atomic E-state index is 0.281. The predicted octanol–water partition coefficient (Wildman–Crippen LogP) is -0.0169. The van der Waals surface area contributed by atoms with Gasteiger partial charge in [0.05, 0.1) is 30.7 Å². The molecule has 1 aromatic carbocycles. The van der Waals surface area contributed by atoms with Crippen LogP contribution in [-0.2, 0) is 15.9 Å². The molecule has 5 nitrogen and oxygen atoms in total. The first-order valence-electron chi connectivity index (χ1n) is 6.59. The maximum absolute atomic E-state index is 9.89. The molecule has 1 aliphatic rings. The first-order chi connectivity index (χ1) is 9.63. The van der Waals surface area contributed by atoms with Crippen molar-refractivity contribution < 1.29 is 24.8 Å². The zero-order valence-electron chi connectivity index (χ0n) is 11.0. The van der Waals surface area contributed by atoms with Crippen LogP contribution in [0.3, 0.4) is 0 Å². The first-order valence-corrected chi connectivity index (χ1v) is 7.11. The summed E-state index contributed by atoms with van der Waals surface area (Å²) in [4.78, 5) is 0. The monoisotopic (exact) mass is 300 g/mol. The van der Waals surface area contributed by atoms with Gasteiger partial charge in [0.15, 0.2) is 6.29 Å². The van der Waals surface area contributed by atoms with Crippen LogP contribution in [0.2, 0.25) is 0 Å². The highest BCUT2D eigenvalue weighted by Crippen LogP contribution is 2.25. The SMILES string of the molecule is OC[C@H]1O[C@H](OCCc2ccccc2)[C@H](O)[C@@H](O)[C@H]1S. The fraction of sp³-hybridized carbons (Fsp3) is 0.571. The van der Waals surface area contributed by atoms with Gasteiger partial charge in [0.25, 0.3) is 0 Å². The van der Waals surface area contributed by atoms with Gasteiger partial charge in [-0.15, -0.1) is 0 Å². The van der Waals surface area contributed by atoms with E-state index in [1.54, 1.807) is 0 Å². The average Bonchev–Trinajstić information content (AvgIpc) is 2.48. The van der Waals surface area contributed by atoms with Crippen LogP contribution in [0.5, 0.6) is 0 Å². The number of ether oxygens (including phenoxy) is 2. The van der Waals surface area contributed by atoms with Crippen molar-refractivity contribution in [1.29, 1.82) is 0 Å². The van der Waals surface area contributed by atoms with Crippen LogP contribution in [0.1, 0.15) is 5.56 Å². The van der Waals surface area contributed by atoms with E-state index >= 15 is 0 Å². The van der Waals surface area contributed by atoms with Crippen molar-refractivity contribution in [2.45, 2.75) is 36.3 Å². The number of aliphatic hydroxyl groups is 3. The molecule has 1 saturated heterocycles. The summed E-state index contributed by atoms with van der Waals surface area (Å²) in [5, 5.41) is 28.3. The molecule has 2 rings (SSSR count). The Hall–Kier alpha value is -0.630. The maximum Gasteiger partial charge on any atom is 0.186 e. The zero-order chi connectivity index (χ0) is 14.5. The molecule has 0 aromatic heterocycles. The summed E-state index contributed by atoms with van der Waals surface area (Å²) in [7, 11) is 0. The van der Waals surface area contributed by atoms with E-state index in [2.05, 4.69) is 12.6 Å². The summed E-state index contributed by atoms with van der Waals surface area (Å²) >= 11 is 4.13. The maximum atomic E-state index is 9.89. The lowest BCUT2D eigenvalue weighted by Crippen LogP contribution is -2.57. The van der Waals surface area contributed by atoms with Crippen LogP contribution < -0.4 is 0 Å². The summed E-state index contributed by atoms with van der Waals surface area (Å²) in [6.45, 7) is 0.0737. The Kier molecular flexibility index (Phi) is 5.83. The molecule has 3 N–H and O–H groups in total. The molecule has 1 aromatic rings. The van der Waals surface area contributed by atoms with Gasteiger partial charge in [-0.2, -0.15) is 12.6 Å².